The first-order valence-electron chi connectivity index (χ1n) is 6.21. The van der Waals surface area contributed by atoms with Gasteiger partial charge in [0.2, 0.25) is 0 Å². The van der Waals surface area contributed by atoms with Crippen molar-refractivity contribution in [1.29, 1.82) is 0 Å². The molecule has 1 aliphatic heterocycles. The molecule has 1 aliphatic carbocycles. The van der Waals surface area contributed by atoms with E-state index in [2.05, 4.69) is 4.90 Å². The van der Waals surface area contributed by atoms with E-state index in [1.54, 1.807) is 0 Å². The highest BCUT2D eigenvalue weighted by Gasteiger charge is 2.25. The van der Waals surface area contributed by atoms with E-state index in [9.17, 15) is 0 Å². The van der Waals surface area contributed by atoms with Gasteiger partial charge < -0.3 is 10.0 Å². The smallest absolute Gasteiger partial charge is 0.185 e. The van der Waals surface area contributed by atoms with Gasteiger partial charge in [-0.25, -0.2) is 4.98 Å². The maximum absolute atomic E-state index is 9.15. The van der Waals surface area contributed by atoms with Gasteiger partial charge in [-0.05, 0) is 32.1 Å². The summed E-state index contributed by atoms with van der Waals surface area (Å²) in [5.74, 6) is 0.459. The number of rotatable bonds is 2. The first-order chi connectivity index (χ1) is 7.86. The predicted octanol–water partition coefficient (Wildman–Crippen LogP) is 1.84. The number of thiazole rings is 1. The minimum absolute atomic E-state index is 0.321. The lowest BCUT2D eigenvalue weighted by Gasteiger charge is -2.13. The maximum Gasteiger partial charge on any atom is 0.185 e. The van der Waals surface area contributed by atoms with Crippen LogP contribution < -0.4 is 4.90 Å². The van der Waals surface area contributed by atoms with E-state index < -0.39 is 0 Å². The van der Waals surface area contributed by atoms with Crippen LogP contribution in [0.1, 0.15) is 29.8 Å². The minimum Gasteiger partial charge on any atom is -0.396 e. The van der Waals surface area contributed by atoms with Crippen molar-refractivity contribution in [3.05, 3.63) is 10.6 Å². The van der Waals surface area contributed by atoms with E-state index >= 15 is 0 Å². The molecule has 1 aromatic rings. The van der Waals surface area contributed by atoms with Crippen LogP contribution in [0.15, 0.2) is 0 Å². The van der Waals surface area contributed by atoms with Crippen molar-refractivity contribution in [3.8, 4) is 0 Å². The molecule has 1 aromatic heterocycles. The Morgan fingerprint density at radius 3 is 3.00 bits per heavy atom. The number of aryl methyl sites for hydroxylation is 2. The zero-order valence-corrected chi connectivity index (χ0v) is 10.3. The molecular weight excluding hydrogens is 220 g/mol. The first-order valence-corrected chi connectivity index (χ1v) is 7.03. The lowest BCUT2D eigenvalue weighted by molar-refractivity contribution is 0.238. The van der Waals surface area contributed by atoms with Crippen molar-refractivity contribution in [2.45, 2.75) is 32.1 Å². The molecule has 1 unspecified atom stereocenters. The molecule has 0 amide bonds. The van der Waals surface area contributed by atoms with Crippen molar-refractivity contribution in [1.82, 2.24) is 4.98 Å². The molecule has 16 heavy (non-hydrogen) atoms. The third kappa shape index (κ3) is 1.84. The largest absolute Gasteiger partial charge is 0.396 e. The molecule has 0 bridgehead atoms. The van der Waals surface area contributed by atoms with E-state index in [0.29, 0.717) is 12.5 Å². The summed E-state index contributed by atoms with van der Waals surface area (Å²) >= 11 is 1.88. The predicted molar refractivity (Wildman–Crippen MR) is 66.2 cm³/mol. The molecule has 1 atom stereocenters. The van der Waals surface area contributed by atoms with E-state index in [0.717, 1.165) is 19.5 Å². The zero-order valence-electron chi connectivity index (χ0n) is 9.48. The van der Waals surface area contributed by atoms with Crippen LogP contribution in [0, 0.1) is 5.92 Å². The molecule has 1 saturated heterocycles. The summed E-state index contributed by atoms with van der Waals surface area (Å²) in [5.41, 5.74) is 1.35. The molecule has 0 spiro atoms. The summed E-state index contributed by atoms with van der Waals surface area (Å²) in [6.07, 6.45) is 6.14. The van der Waals surface area contributed by atoms with Gasteiger partial charge in [0.15, 0.2) is 5.13 Å². The van der Waals surface area contributed by atoms with Crippen molar-refractivity contribution in [3.63, 3.8) is 0 Å². The van der Waals surface area contributed by atoms with Gasteiger partial charge in [-0.2, -0.15) is 0 Å². The van der Waals surface area contributed by atoms with E-state index in [-0.39, 0.29) is 0 Å². The number of nitrogens with zero attached hydrogens (tertiary/aromatic N) is 2. The topological polar surface area (TPSA) is 36.4 Å². The zero-order chi connectivity index (χ0) is 11.0. The van der Waals surface area contributed by atoms with E-state index in [4.69, 9.17) is 10.1 Å². The molecule has 0 radical (unpaired) electrons. The minimum atomic E-state index is 0.321. The number of fused-ring (bicyclic) bond motifs is 1. The third-order valence-electron chi connectivity index (χ3n) is 3.65. The SMILES string of the molecule is OCC1CCN(c2nc3c(s2)CCCC3)C1. The fraction of sp³-hybridized carbons (Fsp3) is 0.750. The lowest BCUT2D eigenvalue weighted by Crippen LogP contribution is -2.20. The van der Waals surface area contributed by atoms with Crippen molar-refractivity contribution in [2.75, 3.05) is 24.6 Å². The van der Waals surface area contributed by atoms with Crippen LogP contribution in [0.3, 0.4) is 0 Å². The second-order valence-corrected chi connectivity index (χ2v) is 5.92. The molecule has 88 valence electrons. The van der Waals surface area contributed by atoms with Gasteiger partial charge in [0.1, 0.15) is 0 Å². The van der Waals surface area contributed by atoms with Gasteiger partial charge in [-0.3, -0.25) is 0 Å². The fourth-order valence-electron chi connectivity index (χ4n) is 2.63. The molecule has 1 N–H and O–H groups in total. The summed E-state index contributed by atoms with van der Waals surface area (Å²) in [7, 11) is 0. The molecule has 1 fully saturated rings. The first kappa shape index (κ1) is 10.5. The summed E-state index contributed by atoms with van der Waals surface area (Å²) in [6, 6.07) is 0. The average Bonchev–Trinajstić information content (AvgIpc) is 2.95. The number of hydrogen-bond donors (Lipinski definition) is 1. The highest BCUT2D eigenvalue weighted by Crippen LogP contribution is 2.33. The van der Waals surface area contributed by atoms with Crippen molar-refractivity contribution < 1.29 is 5.11 Å². The van der Waals surface area contributed by atoms with Crippen molar-refractivity contribution in [2.24, 2.45) is 5.92 Å². The molecule has 4 heteroatoms. The third-order valence-corrected chi connectivity index (χ3v) is 4.87. The van der Waals surface area contributed by atoms with Crippen molar-refractivity contribution >= 4 is 16.5 Å². The Morgan fingerprint density at radius 2 is 2.25 bits per heavy atom. The Morgan fingerprint density at radius 1 is 1.38 bits per heavy atom. The second kappa shape index (κ2) is 4.34. The lowest BCUT2D eigenvalue weighted by atomic mass is 10.0. The Labute approximate surface area is 100 Å². The Bertz CT molecular complexity index is 354. The van der Waals surface area contributed by atoms with Gasteiger partial charge in [0, 0.05) is 30.5 Å². The molecular formula is C12H18N2OS. The molecule has 0 saturated carbocycles. The van der Waals surface area contributed by atoms with Crippen LogP contribution in [0.25, 0.3) is 0 Å². The standard InChI is InChI=1S/C12H18N2OS/c15-8-9-5-6-14(7-9)12-13-10-3-1-2-4-11(10)16-12/h9,15H,1-8H2. The summed E-state index contributed by atoms with van der Waals surface area (Å²) in [5, 5.41) is 10.3. The normalized spacial score (nSPS) is 24.8. The van der Waals surface area contributed by atoms with Crippen LogP contribution in [0.5, 0.6) is 0 Å². The van der Waals surface area contributed by atoms with Gasteiger partial charge in [0.05, 0.1) is 5.69 Å². The fourth-order valence-corrected chi connectivity index (χ4v) is 3.81. The van der Waals surface area contributed by atoms with Gasteiger partial charge in [-0.15, -0.1) is 11.3 Å². The van der Waals surface area contributed by atoms with Crippen LogP contribution in [-0.2, 0) is 12.8 Å². The van der Waals surface area contributed by atoms with Gasteiger partial charge >= 0.3 is 0 Å². The number of hydrogen-bond acceptors (Lipinski definition) is 4. The van der Waals surface area contributed by atoms with E-state index in [1.807, 2.05) is 11.3 Å². The molecule has 2 heterocycles. The molecule has 3 nitrogen and oxygen atoms in total. The number of aromatic nitrogens is 1. The van der Waals surface area contributed by atoms with Crippen LogP contribution in [0.4, 0.5) is 5.13 Å². The number of aliphatic hydroxyl groups excluding tert-OH is 1. The van der Waals surface area contributed by atoms with Crippen LogP contribution in [0.2, 0.25) is 0 Å². The van der Waals surface area contributed by atoms with Crippen LogP contribution in [-0.4, -0.2) is 29.8 Å². The maximum atomic E-state index is 9.15. The van der Waals surface area contributed by atoms with Gasteiger partial charge in [-0.1, -0.05) is 0 Å². The summed E-state index contributed by atoms with van der Waals surface area (Å²) in [6.45, 7) is 2.38. The van der Waals surface area contributed by atoms with Gasteiger partial charge in [0.25, 0.3) is 0 Å². The Kier molecular flexibility index (Phi) is 2.86. The monoisotopic (exact) mass is 238 g/mol. The average molecular weight is 238 g/mol. The highest BCUT2D eigenvalue weighted by molar-refractivity contribution is 7.15. The molecule has 0 aromatic carbocycles. The second-order valence-electron chi connectivity index (χ2n) is 4.86. The Balaban J connectivity index is 1.77. The number of anilines is 1. The quantitative estimate of drug-likeness (QED) is 0.854. The highest BCUT2D eigenvalue weighted by atomic mass is 32.1. The molecule has 2 aliphatic rings. The number of aliphatic hydroxyl groups is 1. The van der Waals surface area contributed by atoms with Crippen LogP contribution >= 0.6 is 11.3 Å². The Hall–Kier alpha value is -0.610. The van der Waals surface area contributed by atoms with E-state index in [1.165, 1.54) is 41.4 Å². The molecule has 3 rings (SSSR count). The summed E-state index contributed by atoms with van der Waals surface area (Å²) < 4.78 is 0. The summed E-state index contributed by atoms with van der Waals surface area (Å²) in [4.78, 5) is 8.62.